The summed E-state index contributed by atoms with van der Waals surface area (Å²) >= 11 is 0. The van der Waals surface area contributed by atoms with Crippen LogP contribution in [-0.2, 0) is 30.6 Å². The van der Waals surface area contributed by atoms with Gasteiger partial charge in [-0.15, -0.1) is 0 Å². The molecule has 0 spiro atoms. The highest BCUT2D eigenvalue weighted by Gasteiger charge is 2.19. The number of rotatable bonds is 5. The fourth-order valence-electron chi connectivity index (χ4n) is 3.67. The Morgan fingerprint density at radius 1 is 1.12 bits per heavy atom. The lowest BCUT2D eigenvalue weighted by Crippen LogP contribution is -2.12. The van der Waals surface area contributed by atoms with Crippen LogP contribution in [0.1, 0.15) is 29.3 Å². The number of Topliss-reactive ketones (excluding diaryl/α,β-unsaturated/α-hetero) is 1. The fraction of sp³-hybridized carbons (Fsp3) is 0.273. The molecule has 1 N–H and O–H groups in total. The summed E-state index contributed by atoms with van der Waals surface area (Å²) in [5, 5.41) is 9.96. The molecule has 0 saturated heterocycles. The zero-order valence-corrected chi connectivity index (χ0v) is 14.9. The van der Waals surface area contributed by atoms with Gasteiger partial charge >= 0.3 is 0 Å². The van der Waals surface area contributed by atoms with Crippen molar-refractivity contribution in [1.82, 2.24) is 9.55 Å². The van der Waals surface area contributed by atoms with E-state index in [1.807, 2.05) is 36.7 Å². The molecule has 0 saturated carbocycles. The van der Waals surface area contributed by atoms with Crippen LogP contribution in [0.5, 0.6) is 0 Å². The van der Waals surface area contributed by atoms with Gasteiger partial charge in [0.25, 0.3) is 0 Å². The summed E-state index contributed by atoms with van der Waals surface area (Å²) in [4.78, 5) is 16.3. The van der Waals surface area contributed by atoms with Gasteiger partial charge in [0.05, 0.1) is 18.1 Å². The molecule has 1 aliphatic carbocycles. The number of carbonyl (C=O) groups is 1. The largest absolute Gasteiger partial charge is 0.393 e. The van der Waals surface area contributed by atoms with E-state index in [1.54, 1.807) is 6.92 Å². The van der Waals surface area contributed by atoms with Gasteiger partial charge in [-0.3, -0.25) is 4.79 Å². The first-order chi connectivity index (χ1) is 12.6. The maximum atomic E-state index is 11.7. The summed E-state index contributed by atoms with van der Waals surface area (Å²) in [5.74, 6) is 0.293. The Kier molecular flexibility index (Phi) is 4.43. The van der Waals surface area contributed by atoms with Crippen LogP contribution < -0.4 is 0 Å². The van der Waals surface area contributed by atoms with Crippen molar-refractivity contribution < 1.29 is 9.90 Å². The molecule has 1 aromatic heterocycles. The third kappa shape index (κ3) is 3.33. The Balaban J connectivity index is 1.67. The molecule has 0 aliphatic heterocycles. The lowest BCUT2D eigenvalue weighted by molar-refractivity contribution is -0.117. The van der Waals surface area contributed by atoms with Gasteiger partial charge in [0, 0.05) is 37.1 Å². The number of nitrogens with zero attached hydrogens (tertiary/aromatic N) is 2. The predicted molar refractivity (Wildman–Crippen MR) is 101 cm³/mol. The molecular weight excluding hydrogens is 324 g/mol. The van der Waals surface area contributed by atoms with Crippen molar-refractivity contribution in [2.45, 2.75) is 38.8 Å². The highest BCUT2D eigenvalue weighted by Crippen LogP contribution is 2.25. The van der Waals surface area contributed by atoms with E-state index >= 15 is 0 Å². The van der Waals surface area contributed by atoms with Gasteiger partial charge in [-0.25, -0.2) is 4.98 Å². The molecule has 132 valence electrons. The Bertz CT molecular complexity index is 942. The lowest BCUT2D eigenvalue weighted by atomic mass is 10.0. The van der Waals surface area contributed by atoms with E-state index in [9.17, 15) is 9.90 Å². The number of imidazole rings is 1. The molecule has 2 aromatic carbocycles. The van der Waals surface area contributed by atoms with E-state index in [2.05, 4.69) is 27.8 Å². The minimum atomic E-state index is -0.439. The summed E-state index contributed by atoms with van der Waals surface area (Å²) in [6, 6.07) is 16.4. The topological polar surface area (TPSA) is 55.1 Å². The Morgan fingerprint density at radius 2 is 1.88 bits per heavy atom. The normalized spacial score (nSPS) is 14.5. The molecule has 1 heterocycles. The van der Waals surface area contributed by atoms with Crippen molar-refractivity contribution in [3.05, 3.63) is 77.2 Å². The number of carbonyl (C=O) groups excluding carboxylic acids is 1. The highest BCUT2D eigenvalue weighted by molar-refractivity contribution is 5.87. The minimum Gasteiger partial charge on any atom is -0.393 e. The first-order valence-electron chi connectivity index (χ1n) is 9.00. The molecule has 0 radical (unpaired) electrons. The SMILES string of the molecule is CC(O)Cc1c(-c2ccccc2)ncn1Cc1ccc2c(c1)CC(=O)C2. The fourth-order valence-corrected chi connectivity index (χ4v) is 3.67. The molecule has 4 heteroatoms. The summed E-state index contributed by atoms with van der Waals surface area (Å²) in [7, 11) is 0. The van der Waals surface area contributed by atoms with Crippen molar-refractivity contribution in [3.8, 4) is 11.3 Å². The van der Waals surface area contributed by atoms with Crippen LogP contribution in [0.25, 0.3) is 11.3 Å². The van der Waals surface area contributed by atoms with Gasteiger partial charge in [-0.2, -0.15) is 0 Å². The number of benzene rings is 2. The third-order valence-electron chi connectivity index (χ3n) is 4.88. The third-order valence-corrected chi connectivity index (χ3v) is 4.88. The Morgan fingerprint density at radius 3 is 2.65 bits per heavy atom. The second-order valence-corrected chi connectivity index (χ2v) is 7.08. The van der Waals surface area contributed by atoms with Crippen molar-refractivity contribution >= 4 is 5.78 Å². The van der Waals surface area contributed by atoms with E-state index in [-0.39, 0.29) is 0 Å². The number of aromatic nitrogens is 2. The zero-order valence-electron chi connectivity index (χ0n) is 14.9. The second kappa shape index (κ2) is 6.89. The van der Waals surface area contributed by atoms with E-state index in [1.165, 1.54) is 0 Å². The molecule has 0 bridgehead atoms. The van der Waals surface area contributed by atoms with E-state index < -0.39 is 6.10 Å². The molecule has 26 heavy (non-hydrogen) atoms. The number of hydrogen-bond acceptors (Lipinski definition) is 3. The monoisotopic (exact) mass is 346 g/mol. The van der Waals surface area contributed by atoms with Crippen LogP contribution in [0.4, 0.5) is 0 Å². The smallest absolute Gasteiger partial charge is 0.141 e. The number of aliphatic hydroxyl groups is 1. The summed E-state index contributed by atoms with van der Waals surface area (Å²) in [6.45, 7) is 2.48. The number of ketones is 1. The first kappa shape index (κ1) is 16.7. The molecule has 1 unspecified atom stereocenters. The summed E-state index contributed by atoms with van der Waals surface area (Å²) in [5.41, 5.74) is 6.46. The molecule has 0 amide bonds. The quantitative estimate of drug-likeness (QED) is 0.772. The molecule has 3 aromatic rings. The van der Waals surface area contributed by atoms with E-state index in [0.29, 0.717) is 31.6 Å². The van der Waals surface area contributed by atoms with Gasteiger partial charge in [-0.05, 0) is 23.6 Å². The standard InChI is InChI=1S/C22H22N2O2/c1-15(25)9-21-22(17-5-3-2-4-6-17)23-14-24(21)13-16-7-8-18-11-20(26)12-19(18)10-16/h2-8,10,14-15,25H,9,11-13H2,1H3. The number of hydrogen-bond donors (Lipinski definition) is 1. The van der Waals surface area contributed by atoms with Gasteiger partial charge in [0.2, 0.25) is 0 Å². The zero-order chi connectivity index (χ0) is 18.1. The van der Waals surface area contributed by atoms with E-state index in [0.717, 1.165) is 33.6 Å². The number of aliphatic hydroxyl groups excluding tert-OH is 1. The lowest BCUT2D eigenvalue weighted by Gasteiger charge is -2.13. The molecule has 4 rings (SSSR count). The van der Waals surface area contributed by atoms with Gasteiger partial charge in [0.1, 0.15) is 5.78 Å². The van der Waals surface area contributed by atoms with E-state index in [4.69, 9.17) is 0 Å². The van der Waals surface area contributed by atoms with Crippen LogP contribution in [0.3, 0.4) is 0 Å². The average Bonchev–Trinajstić information content (AvgIpc) is 3.18. The molecule has 1 aliphatic rings. The summed E-state index contributed by atoms with van der Waals surface area (Å²) in [6.07, 6.45) is 3.06. The van der Waals surface area contributed by atoms with Gasteiger partial charge < -0.3 is 9.67 Å². The van der Waals surface area contributed by atoms with Gasteiger partial charge in [0.15, 0.2) is 0 Å². The van der Waals surface area contributed by atoms with Crippen LogP contribution in [0, 0.1) is 0 Å². The second-order valence-electron chi connectivity index (χ2n) is 7.08. The summed E-state index contributed by atoms with van der Waals surface area (Å²) < 4.78 is 2.10. The number of fused-ring (bicyclic) bond motifs is 1. The maximum Gasteiger partial charge on any atom is 0.141 e. The van der Waals surface area contributed by atoms with Crippen molar-refractivity contribution in [3.63, 3.8) is 0 Å². The average molecular weight is 346 g/mol. The predicted octanol–water partition coefficient (Wildman–Crippen LogP) is 3.19. The van der Waals surface area contributed by atoms with Crippen molar-refractivity contribution in [2.75, 3.05) is 0 Å². The molecule has 0 fully saturated rings. The Hall–Kier alpha value is -2.72. The molecule has 1 atom stereocenters. The molecule has 4 nitrogen and oxygen atoms in total. The Labute approximate surface area is 153 Å². The van der Waals surface area contributed by atoms with Crippen LogP contribution in [0.15, 0.2) is 54.9 Å². The highest BCUT2D eigenvalue weighted by atomic mass is 16.3. The van der Waals surface area contributed by atoms with Crippen LogP contribution >= 0.6 is 0 Å². The maximum absolute atomic E-state index is 11.7. The van der Waals surface area contributed by atoms with Crippen molar-refractivity contribution in [2.24, 2.45) is 0 Å². The first-order valence-corrected chi connectivity index (χ1v) is 9.00. The minimum absolute atomic E-state index is 0.293. The van der Waals surface area contributed by atoms with Crippen molar-refractivity contribution in [1.29, 1.82) is 0 Å². The van der Waals surface area contributed by atoms with Crippen LogP contribution in [0.2, 0.25) is 0 Å². The van der Waals surface area contributed by atoms with Gasteiger partial charge in [-0.1, -0.05) is 48.5 Å². The molecular formula is C22H22N2O2. The van der Waals surface area contributed by atoms with Crippen LogP contribution in [-0.4, -0.2) is 26.5 Å².